The van der Waals surface area contributed by atoms with E-state index in [-0.39, 0.29) is 11.8 Å². The van der Waals surface area contributed by atoms with Gasteiger partial charge in [-0.15, -0.1) is 0 Å². The molecule has 1 aromatic rings. The molecule has 3 N–H and O–H groups in total. The Bertz CT molecular complexity index is 499. The van der Waals surface area contributed by atoms with Gasteiger partial charge in [-0.2, -0.15) is 0 Å². The van der Waals surface area contributed by atoms with Gasteiger partial charge in [-0.3, -0.25) is 0 Å². The van der Waals surface area contributed by atoms with Crippen molar-refractivity contribution in [3.05, 3.63) is 35.4 Å². The van der Waals surface area contributed by atoms with E-state index in [0.717, 1.165) is 19.3 Å². The van der Waals surface area contributed by atoms with Crippen molar-refractivity contribution >= 4 is 10.0 Å². The van der Waals surface area contributed by atoms with E-state index in [1.807, 2.05) is 12.1 Å². The highest BCUT2D eigenvalue weighted by molar-refractivity contribution is 7.89. The zero-order valence-electron chi connectivity index (χ0n) is 10.4. The number of fused-ring (bicyclic) bond motifs is 1. The molecule has 18 heavy (non-hydrogen) atoms. The van der Waals surface area contributed by atoms with E-state index in [2.05, 4.69) is 16.9 Å². The maximum Gasteiger partial charge on any atom is 0.211 e. The predicted octanol–water partition coefficient (Wildman–Crippen LogP) is 0.812. The van der Waals surface area contributed by atoms with Gasteiger partial charge in [-0.1, -0.05) is 24.3 Å². The predicted molar refractivity (Wildman–Crippen MR) is 72.8 cm³/mol. The lowest BCUT2D eigenvalue weighted by atomic mass is 9.89. The van der Waals surface area contributed by atoms with Crippen LogP contribution in [-0.4, -0.2) is 26.8 Å². The van der Waals surface area contributed by atoms with Crippen molar-refractivity contribution in [1.82, 2.24) is 4.72 Å². The van der Waals surface area contributed by atoms with Crippen LogP contribution in [0.1, 0.15) is 24.0 Å². The summed E-state index contributed by atoms with van der Waals surface area (Å²) < 4.78 is 26.4. The largest absolute Gasteiger partial charge is 0.330 e. The van der Waals surface area contributed by atoms with Crippen molar-refractivity contribution in [2.24, 2.45) is 5.73 Å². The molecule has 1 unspecified atom stereocenters. The number of rotatable bonds is 5. The molecule has 2 rings (SSSR count). The molecule has 1 aliphatic rings. The number of aryl methyl sites for hydroxylation is 1. The first-order valence-corrected chi connectivity index (χ1v) is 8.03. The van der Waals surface area contributed by atoms with Gasteiger partial charge < -0.3 is 5.73 Å². The van der Waals surface area contributed by atoms with Crippen LogP contribution >= 0.6 is 0 Å². The minimum absolute atomic E-state index is 0.0303. The lowest BCUT2D eigenvalue weighted by Crippen LogP contribution is -2.40. The third kappa shape index (κ3) is 3.54. The van der Waals surface area contributed by atoms with E-state index in [9.17, 15) is 8.42 Å². The topological polar surface area (TPSA) is 72.2 Å². The minimum Gasteiger partial charge on any atom is -0.330 e. The zero-order chi connectivity index (χ0) is 13.0. The fraction of sp³-hybridized carbons (Fsp3) is 0.538. The monoisotopic (exact) mass is 268 g/mol. The van der Waals surface area contributed by atoms with Gasteiger partial charge >= 0.3 is 0 Å². The minimum atomic E-state index is -3.18. The second-order valence-electron chi connectivity index (χ2n) is 4.79. The van der Waals surface area contributed by atoms with Crippen molar-refractivity contribution in [3.8, 4) is 0 Å². The van der Waals surface area contributed by atoms with Crippen molar-refractivity contribution in [2.45, 2.75) is 31.7 Å². The molecule has 4 nitrogen and oxygen atoms in total. The number of benzene rings is 1. The maximum atomic E-state index is 11.8. The molecule has 0 aliphatic heterocycles. The second-order valence-corrected chi connectivity index (χ2v) is 6.66. The van der Waals surface area contributed by atoms with Crippen LogP contribution < -0.4 is 10.5 Å². The summed E-state index contributed by atoms with van der Waals surface area (Å²) in [6.45, 7) is 0.411. The fourth-order valence-corrected chi connectivity index (χ4v) is 3.76. The molecule has 1 aromatic carbocycles. The van der Waals surface area contributed by atoms with Crippen molar-refractivity contribution in [2.75, 3.05) is 12.3 Å². The molecule has 100 valence electrons. The summed E-state index contributed by atoms with van der Waals surface area (Å²) in [4.78, 5) is 0. The van der Waals surface area contributed by atoms with Crippen molar-refractivity contribution < 1.29 is 8.42 Å². The van der Waals surface area contributed by atoms with Gasteiger partial charge in [0.05, 0.1) is 5.75 Å². The Hall–Kier alpha value is -0.910. The first kappa shape index (κ1) is 13.5. The van der Waals surface area contributed by atoms with E-state index in [1.54, 1.807) is 0 Å². The lowest BCUT2D eigenvalue weighted by molar-refractivity contribution is 0.506. The van der Waals surface area contributed by atoms with Crippen LogP contribution in [0.15, 0.2) is 24.3 Å². The zero-order valence-corrected chi connectivity index (χ0v) is 11.2. The molecule has 5 heteroatoms. The summed E-state index contributed by atoms with van der Waals surface area (Å²) in [7, 11) is -3.18. The molecule has 0 saturated carbocycles. The average molecular weight is 268 g/mol. The Balaban J connectivity index is 1.97. The summed E-state index contributed by atoms with van der Waals surface area (Å²) in [5.74, 6) is 0.127. The molecular formula is C13H20N2O2S. The molecule has 0 amide bonds. The van der Waals surface area contributed by atoms with Gasteiger partial charge in [0.2, 0.25) is 10.0 Å². The number of nitrogens with one attached hydrogen (secondary N) is 1. The summed E-state index contributed by atoms with van der Waals surface area (Å²) in [6.07, 6.45) is 3.12. The maximum absolute atomic E-state index is 11.8. The van der Waals surface area contributed by atoms with Gasteiger partial charge in [0, 0.05) is 6.04 Å². The van der Waals surface area contributed by atoms with Crippen LogP contribution in [0.2, 0.25) is 0 Å². The molecule has 1 atom stereocenters. The second kappa shape index (κ2) is 5.82. The lowest BCUT2D eigenvalue weighted by Gasteiger charge is -2.25. The number of sulfonamides is 1. The molecule has 0 fully saturated rings. The standard InChI is InChI=1S/C13H20N2O2S/c14-8-3-9-18(16,17)15-13-7-6-11-4-1-2-5-12(11)10-13/h1-2,4-5,13,15H,3,6-10,14H2. The highest BCUT2D eigenvalue weighted by atomic mass is 32.2. The third-order valence-corrected chi connectivity index (χ3v) is 4.83. The molecule has 0 saturated heterocycles. The molecule has 0 heterocycles. The molecule has 0 radical (unpaired) electrons. The number of hydrogen-bond donors (Lipinski definition) is 2. The Labute approximate surface area is 109 Å². The molecule has 1 aliphatic carbocycles. The van der Waals surface area contributed by atoms with Gasteiger partial charge in [0.1, 0.15) is 0 Å². The van der Waals surface area contributed by atoms with Crippen LogP contribution in [0.5, 0.6) is 0 Å². The quantitative estimate of drug-likeness (QED) is 0.830. The summed E-state index contributed by atoms with van der Waals surface area (Å²) in [6, 6.07) is 8.27. The Morgan fingerprint density at radius 2 is 2.00 bits per heavy atom. The number of hydrogen-bond acceptors (Lipinski definition) is 3. The van der Waals surface area contributed by atoms with E-state index < -0.39 is 10.0 Å². The van der Waals surface area contributed by atoms with Crippen molar-refractivity contribution in [3.63, 3.8) is 0 Å². The van der Waals surface area contributed by atoms with Crippen LogP contribution in [0.3, 0.4) is 0 Å². The fourth-order valence-electron chi connectivity index (χ4n) is 2.38. The van der Waals surface area contributed by atoms with Crippen LogP contribution in [0.25, 0.3) is 0 Å². The summed E-state index contributed by atoms with van der Waals surface area (Å²) >= 11 is 0. The Morgan fingerprint density at radius 1 is 1.28 bits per heavy atom. The van der Waals surface area contributed by atoms with Gasteiger partial charge in [-0.05, 0) is 43.4 Å². The number of nitrogens with two attached hydrogens (primary N) is 1. The van der Waals surface area contributed by atoms with Crippen LogP contribution in [0, 0.1) is 0 Å². The molecule has 0 bridgehead atoms. The summed E-state index contributed by atoms with van der Waals surface area (Å²) in [5, 5.41) is 0. The Morgan fingerprint density at radius 3 is 2.72 bits per heavy atom. The van der Waals surface area contributed by atoms with E-state index >= 15 is 0 Å². The summed E-state index contributed by atoms with van der Waals surface area (Å²) in [5.41, 5.74) is 7.94. The Kier molecular flexibility index (Phi) is 4.37. The van der Waals surface area contributed by atoms with E-state index in [1.165, 1.54) is 11.1 Å². The first-order valence-electron chi connectivity index (χ1n) is 6.37. The van der Waals surface area contributed by atoms with E-state index in [4.69, 9.17) is 5.73 Å². The smallest absolute Gasteiger partial charge is 0.211 e. The molecule has 0 aromatic heterocycles. The van der Waals surface area contributed by atoms with Gasteiger partial charge in [0.15, 0.2) is 0 Å². The highest BCUT2D eigenvalue weighted by Gasteiger charge is 2.22. The molecule has 0 spiro atoms. The van der Waals surface area contributed by atoms with Gasteiger partial charge in [-0.25, -0.2) is 13.1 Å². The van der Waals surface area contributed by atoms with E-state index in [0.29, 0.717) is 13.0 Å². The highest BCUT2D eigenvalue weighted by Crippen LogP contribution is 2.21. The van der Waals surface area contributed by atoms with Crippen LogP contribution in [0.4, 0.5) is 0 Å². The third-order valence-electron chi connectivity index (χ3n) is 3.31. The normalized spacial score (nSPS) is 19.5. The van der Waals surface area contributed by atoms with Crippen LogP contribution in [-0.2, 0) is 22.9 Å². The average Bonchev–Trinajstić information content (AvgIpc) is 2.36. The SMILES string of the molecule is NCCCS(=O)(=O)NC1CCc2ccccc2C1. The first-order chi connectivity index (χ1) is 8.61. The van der Waals surface area contributed by atoms with Gasteiger partial charge in [0.25, 0.3) is 0 Å². The van der Waals surface area contributed by atoms with Crippen molar-refractivity contribution in [1.29, 1.82) is 0 Å². The molecular weight excluding hydrogens is 248 g/mol.